The molecule has 0 heterocycles. The first-order chi connectivity index (χ1) is 10.6. The van der Waals surface area contributed by atoms with Crippen molar-refractivity contribution in [1.82, 2.24) is 0 Å². The van der Waals surface area contributed by atoms with Gasteiger partial charge in [0, 0.05) is 0 Å². The zero-order valence-corrected chi connectivity index (χ0v) is 11.9. The van der Waals surface area contributed by atoms with Crippen molar-refractivity contribution in [2.45, 2.75) is 24.7 Å². The molecule has 4 nitrogen and oxygen atoms in total. The molecule has 1 aliphatic carbocycles. The Morgan fingerprint density at radius 1 is 0.682 bits per heavy atom. The molecule has 0 bridgehead atoms. The Balaban J connectivity index is 1.78. The largest absolute Gasteiger partial charge is 0.478 e. The van der Waals surface area contributed by atoms with Crippen LogP contribution in [0.4, 0.5) is 0 Å². The zero-order valence-electron chi connectivity index (χ0n) is 11.9. The Kier molecular flexibility index (Phi) is 3.67. The third kappa shape index (κ3) is 2.60. The minimum atomic E-state index is -0.916. The molecule has 2 aromatic carbocycles. The predicted octanol–water partition coefficient (Wildman–Crippen LogP) is 3.74. The summed E-state index contributed by atoms with van der Waals surface area (Å²) in [6.45, 7) is 0. The Bertz CT molecular complexity index is 637. The summed E-state index contributed by atoms with van der Waals surface area (Å²) >= 11 is 0. The third-order valence-electron chi connectivity index (χ3n) is 4.45. The summed E-state index contributed by atoms with van der Waals surface area (Å²) in [6, 6.07) is 14.1. The normalized spacial score (nSPS) is 20.2. The van der Waals surface area contributed by atoms with Crippen molar-refractivity contribution in [2.75, 3.05) is 0 Å². The summed E-state index contributed by atoms with van der Waals surface area (Å²) in [4.78, 5) is 21.8. The molecule has 4 heteroatoms. The van der Waals surface area contributed by atoms with E-state index >= 15 is 0 Å². The molecule has 0 saturated heterocycles. The number of carboxylic acid groups (broad SMARTS) is 2. The average Bonchev–Trinajstić information content (AvgIpc) is 2.47. The minimum absolute atomic E-state index is 0.297. The van der Waals surface area contributed by atoms with Gasteiger partial charge in [-0.25, -0.2) is 9.59 Å². The summed E-state index contributed by atoms with van der Waals surface area (Å²) in [5.41, 5.74) is 2.88. The Morgan fingerprint density at radius 3 is 1.23 bits per heavy atom. The van der Waals surface area contributed by atoms with Gasteiger partial charge in [-0.15, -0.1) is 0 Å². The van der Waals surface area contributed by atoms with Crippen molar-refractivity contribution in [3.63, 3.8) is 0 Å². The molecule has 0 amide bonds. The lowest BCUT2D eigenvalue weighted by Gasteiger charge is -2.37. The molecule has 2 atom stereocenters. The number of hydrogen-bond acceptors (Lipinski definition) is 2. The SMILES string of the molecule is O=C(O)c1ccc(C2CCC2c2ccc(C(=O)O)cc2)cc1. The molecule has 2 aromatic rings. The van der Waals surface area contributed by atoms with E-state index in [0.29, 0.717) is 23.0 Å². The van der Waals surface area contributed by atoms with E-state index in [9.17, 15) is 9.59 Å². The standard InChI is InChI=1S/C18H16O4/c19-17(20)13-5-1-11(2-6-13)15-9-10-16(15)12-3-7-14(8-4-12)18(21)22/h1-8,15-16H,9-10H2,(H,19,20)(H,21,22). The monoisotopic (exact) mass is 296 g/mol. The van der Waals surface area contributed by atoms with E-state index < -0.39 is 11.9 Å². The Hall–Kier alpha value is -2.62. The molecular weight excluding hydrogens is 280 g/mol. The van der Waals surface area contributed by atoms with Gasteiger partial charge < -0.3 is 10.2 Å². The smallest absolute Gasteiger partial charge is 0.335 e. The summed E-state index contributed by atoms with van der Waals surface area (Å²) in [6.07, 6.45) is 2.13. The van der Waals surface area contributed by atoms with E-state index in [2.05, 4.69) is 0 Å². The minimum Gasteiger partial charge on any atom is -0.478 e. The molecule has 0 radical (unpaired) electrons. The van der Waals surface area contributed by atoms with Gasteiger partial charge in [0.2, 0.25) is 0 Å². The van der Waals surface area contributed by atoms with Crippen LogP contribution in [0.5, 0.6) is 0 Å². The van der Waals surface area contributed by atoms with Crippen molar-refractivity contribution < 1.29 is 19.8 Å². The number of benzene rings is 2. The van der Waals surface area contributed by atoms with E-state index in [4.69, 9.17) is 10.2 Å². The van der Waals surface area contributed by atoms with Gasteiger partial charge in [-0.2, -0.15) is 0 Å². The van der Waals surface area contributed by atoms with E-state index in [1.54, 1.807) is 24.3 Å². The van der Waals surface area contributed by atoms with E-state index in [-0.39, 0.29) is 0 Å². The summed E-state index contributed by atoms with van der Waals surface area (Å²) in [5, 5.41) is 17.9. The zero-order chi connectivity index (χ0) is 15.7. The molecule has 2 N–H and O–H groups in total. The number of hydrogen-bond donors (Lipinski definition) is 2. The highest BCUT2D eigenvalue weighted by atomic mass is 16.4. The van der Waals surface area contributed by atoms with E-state index in [0.717, 1.165) is 24.0 Å². The van der Waals surface area contributed by atoms with Crippen LogP contribution >= 0.6 is 0 Å². The maximum Gasteiger partial charge on any atom is 0.335 e. The second-order valence-electron chi connectivity index (χ2n) is 5.64. The molecule has 112 valence electrons. The van der Waals surface area contributed by atoms with Crippen LogP contribution in [0.1, 0.15) is 56.5 Å². The van der Waals surface area contributed by atoms with Crippen molar-refractivity contribution in [3.8, 4) is 0 Å². The van der Waals surface area contributed by atoms with Gasteiger partial charge >= 0.3 is 11.9 Å². The fourth-order valence-electron chi connectivity index (χ4n) is 3.04. The molecule has 3 rings (SSSR count). The number of carbonyl (C=O) groups is 2. The lowest BCUT2D eigenvalue weighted by Crippen LogP contribution is -2.22. The third-order valence-corrected chi connectivity index (χ3v) is 4.45. The van der Waals surface area contributed by atoms with Crippen LogP contribution in [-0.4, -0.2) is 22.2 Å². The van der Waals surface area contributed by atoms with Gasteiger partial charge in [0.05, 0.1) is 11.1 Å². The number of aromatic carboxylic acids is 2. The van der Waals surface area contributed by atoms with Crippen LogP contribution in [0.25, 0.3) is 0 Å². The molecule has 1 aliphatic rings. The summed E-state index contributed by atoms with van der Waals surface area (Å²) in [7, 11) is 0. The molecule has 1 fully saturated rings. The quantitative estimate of drug-likeness (QED) is 0.901. The van der Waals surface area contributed by atoms with Gasteiger partial charge in [-0.3, -0.25) is 0 Å². The van der Waals surface area contributed by atoms with Crippen molar-refractivity contribution in [1.29, 1.82) is 0 Å². The molecule has 0 spiro atoms. The van der Waals surface area contributed by atoms with Crippen molar-refractivity contribution >= 4 is 11.9 Å². The van der Waals surface area contributed by atoms with Crippen LogP contribution in [-0.2, 0) is 0 Å². The summed E-state index contributed by atoms with van der Waals surface area (Å²) < 4.78 is 0. The average molecular weight is 296 g/mol. The first kappa shape index (κ1) is 14.3. The van der Waals surface area contributed by atoms with Crippen molar-refractivity contribution in [3.05, 3.63) is 70.8 Å². The van der Waals surface area contributed by atoms with E-state index in [1.807, 2.05) is 24.3 Å². The topological polar surface area (TPSA) is 74.6 Å². The van der Waals surface area contributed by atoms with Crippen LogP contribution in [0.2, 0.25) is 0 Å². The fraction of sp³-hybridized carbons (Fsp3) is 0.222. The first-order valence-corrected chi connectivity index (χ1v) is 7.23. The van der Waals surface area contributed by atoms with Crippen LogP contribution in [0, 0.1) is 0 Å². The second kappa shape index (κ2) is 5.64. The van der Waals surface area contributed by atoms with Gasteiger partial charge in [0.25, 0.3) is 0 Å². The molecule has 22 heavy (non-hydrogen) atoms. The Labute approximate surface area is 128 Å². The highest BCUT2D eigenvalue weighted by Crippen LogP contribution is 2.49. The van der Waals surface area contributed by atoms with Gasteiger partial charge in [-0.1, -0.05) is 24.3 Å². The maximum atomic E-state index is 10.9. The van der Waals surface area contributed by atoms with Crippen LogP contribution in [0.3, 0.4) is 0 Å². The van der Waals surface area contributed by atoms with Gasteiger partial charge in [-0.05, 0) is 60.1 Å². The van der Waals surface area contributed by atoms with E-state index in [1.165, 1.54) is 0 Å². The highest BCUT2D eigenvalue weighted by Gasteiger charge is 2.33. The lowest BCUT2D eigenvalue weighted by molar-refractivity contribution is 0.0686. The predicted molar refractivity (Wildman–Crippen MR) is 81.5 cm³/mol. The summed E-state index contributed by atoms with van der Waals surface area (Å²) in [5.74, 6) is -1.08. The first-order valence-electron chi connectivity index (χ1n) is 7.23. The number of rotatable bonds is 4. The highest BCUT2D eigenvalue weighted by molar-refractivity contribution is 5.88. The molecular formula is C18H16O4. The maximum absolute atomic E-state index is 10.9. The molecule has 0 aromatic heterocycles. The van der Waals surface area contributed by atoms with Crippen molar-refractivity contribution in [2.24, 2.45) is 0 Å². The van der Waals surface area contributed by atoms with Gasteiger partial charge in [0.1, 0.15) is 0 Å². The Morgan fingerprint density at radius 2 is 1.00 bits per heavy atom. The second-order valence-corrected chi connectivity index (χ2v) is 5.64. The number of carboxylic acids is 2. The molecule has 1 saturated carbocycles. The molecule has 0 aliphatic heterocycles. The lowest BCUT2D eigenvalue weighted by atomic mass is 9.67. The van der Waals surface area contributed by atoms with Crippen LogP contribution in [0.15, 0.2) is 48.5 Å². The van der Waals surface area contributed by atoms with Gasteiger partial charge in [0.15, 0.2) is 0 Å². The van der Waals surface area contributed by atoms with Crippen LogP contribution < -0.4 is 0 Å². The fourth-order valence-corrected chi connectivity index (χ4v) is 3.04. The molecule has 2 unspecified atom stereocenters.